The Morgan fingerprint density at radius 3 is 1.73 bits per heavy atom. The maximum atomic E-state index is 6.17. The third-order valence-corrected chi connectivity index (χ3v) is 7.40. The SMILES string of the molecule is CCN(CCc1cccc(Cl)c1)Cc1ccc(CN(CCNCc2ccccn2)CCNCc2ccccn2)cc1. The molecule has 0 saturated heterocycles. The van der Waals surface area contributed by atoms with Crippen LogP contribution in [0.5, 0.6) is 0 Å². The van der Waals surface area contributed by atoms with Crippen molar-refractivity contribution in [3.63, 3.8) is 0 Å². The Kier molecular flexibility index (Phi) is 13.3. The summed E-state index contributed by atoms with van der Waals surface area (Å²) in [5.74, 6) is 0. The number of hydrogen-bond donors (Lipinski definition) is 2. The number of pyridine rings is 2. The summed E-state index contributed by atoms with van der Waals surface area (Å²) in [6, 6.07) is 29.4. The molecule has 0 bridgehead atoms. The molecule has 0 unspecified atom stereocenters. The second kappa shape index (κ2) is 17.6. The van der Waals surface area contributed by atoms with Gasteiger partial charge in [0.2, 0.25) is 0 Å². The highest BCUT2D eigenvalue weighted by molar-refractivity contribution is 6.30. The summed E-state index contributed by atoms with van der Waals surface area (Å²) in [4.78, 5) is 13.8. The number of nitrogens with one attached hydrogen (secondary N) is 2. The van der Waals surface area contributed by atoms with E-state index in [-0.39, 0.29) is 0 Å². The van der Waals surface area contributed by atoms with Crippen LogP contribution in [-0.2, 0) is 32.6 Å². The molecule has 0 amide bonds. The van der Waals surface area contributed by atoms with Gasteiger partial charge in [-0.25, -0.2) is 0 Å². The Morgan fingerprint density at radius 1 is 0.634 bits per heavy atom. The van der Waals surface area contributed by atoms with Crippen LogP contribution in [0.3, 0.4) is 0 Å². The van der Waals surface area contributed by atoms with E-state index >= 15 is 0 Å². The van der Waals surface area contributed by atoms with E-state index in [1.165, 1.54) is 16.7 Å². The Morgan fingerprint density at radius 2 is 1.22 bits per heavy atom. The topological polar surface area (TPSA) is 56.3 Å². The van der Waals surface area contributed by atoms with Crippen molar-refractivity contribution in [2.45, 2.75) is 39.5 Å². The van der Waals surface area contributed by atoms with Crippen molar-refractivity contribution in [2.75, 3.05) is 39.3 Å². The molecule has 4 rings (SSSR count). The normalized spacial score (nSPS) is 11.4. The Balaban J connectivity index is 1.26. The Bertz CT molecular complexity index is 1210. The average molecular weight is 571 g/mol. The van der Waals surface area contributed by atoms with E-state index in [1.807, 2.05) is 48.8 Å². The van der Waals surface area contributed by atoms with Gasteiger partial charge in [-0.05, 0) is 66.1 Å². The quantitative estimate of drug-likeness (QED) is 0.152. The van der Waals surface area contributed by atoms with Crippen molar-refractivity contribution in [1.29, 1.82) is 0 Å². The average Bonchev–Trinajstić information content (AvgIpc) is 3.01. The minimum atomic E-state index is 0.784. The van der Waals surface area contributed by atoms with Crippen LogP contribution < -0.4 is 10.6 Å². The van der Waals surface area contributed by atoms with E-state index in [0.29, 0.717) is 0 Å². The summed E-state index contributed by atoms with van der Waals surface area (Å²) >= 11 is 6.17. The lowest BCUT2D eigenvalue weighted by Gasteiger charge is -2.24. The van der Waals surface area contributed by atoms with E-state index in [1.54, 1.807) is 0 Å². The fraction of sp³-hybridized carbons (Fsp3) is 0.353. The molecule has 0 atom stereocenters. The predicted octanol–water partition coefficient (Wildman–Crippen LogP) is 5.58. The maximum absolute atomic E-state index is 6.17. The first-order valence-corrected chi connectivity index (χ1v) is 15.0. The van der Waals surface area contributed by atoms with Gasteiger partial charge < -0.3 is 10.6 Å². The monoisotopic (exact) mass is 570 g/mol. The zero-order valence-electron chi connectivity index (χ0n) is 24.2. The number of aromatic nitrogens is 2. The highest BCUT2D eigenvalue weighted by atomic mass is 35.5. The summed E-state index contributed by atoms with van der Waals surface area (Å²) in [6.07, 6.45) is 4.70. The van der Waals surface area contributed by atoms with Gasteiger partial charge in [0.1, 0.15) is 0 Å². The summed E-state index contributed by atoms with van der Waals surface area (Å²) < 4.78 is 0. The van der Waals surface area contributed by atoms with Gasteiger partial charge in [0.05, 0.1) is 11.4 Å². The minimum absolute atomic E-state index is 0.784. The molecule has 0 aliphatic rings. The molecule has 0 radical (unpaired) electrons. The lowest BCUT2D eigenvalue weighted by molar-refractivity contribution is 0.263. The van der Waals surface area contributed by atoms with Gasteiger partial charge in [-0.1, -0.05) is 67.1 Å². The Labute approximate surface area is 250 Å². The number of likely N-dealkylation sites (N-methyl/N-ethyl adjacent to an activating group) is 1. The van der Waals surface area contributed by atoms with Crippen molar-refractivity contribution in [2.24, 2.45) is 0 Å². The van der Waals surface area contributed by atoms with Gasteiger partial charge in [0.15, 0.2) is 0 Å². The summed E-state index contributed by atoms with van der Waals surface area (Å²) in [5, 5.41) is 7.91. The fourth-order valence-electron chi connectivity index (χ4n) is 4.78. The van der Waals surface area contributed by atoms with Crippen molar-refractivity contribution in [3.05, 3.63) is 130 Å². The fourth-order valence-corrected chi connectivity index (χ4v) is 4.99. The van der Waals surface area contributed by atoms with E-state index in [9.17, 15) is 0 Å². The van der Waals surface area contributed by atoms with E-state index in [0.717, 1.165) is 88.3 Å². The molecule has 6 nitrogen and oxygen atoms in total. The van der Waals surface area contributed by atoms with Crippen LogP contribution in [0.15, 0.2) is 97.3 Å². The van der Waals surface area contributed by atoms with Crippen molar-refractivity contribution in [1.82, 2.24) is 30.4 Å². The van der Waals surface area contributed by atoms with Crippen LogP contribution in [0.4, 0.5) is 0 Å². The van der Waals surface area contributed by atoms with Crippen LogP contribution in [0.1, 0.15) is 35.0 Å². The largest absolute Gasteiger partial charge is 0.310 e. The molecular weight excluding hydrogens is 528 g/mol. The van der Waals surface area contributed by atoms with Crippen LogP contribution in [0, 0.1) is 0 Å². The maximum Gasteiger partial charge on any atom is 0.0541 e. The van der Waals surface area contributed by atoms with Crippen molar-refractivity contribution >= 4 is 11.6 Å². The summed E-state index contributed by atoms with van der Waals surface area (Å²) in [5.41, 5.74) is 6.11. The van der Waals surface area contributed by atoms with Crippen LogP contribution in [0.25, 0.3) is 0 Å². The number of rotatable bonds is 18. The summed E-state index contributed by atoms with van der Waals surface area (Å²) in [7, 11) is 0. The van der Waals surface area contributed by atoms with Crippen molar-refractivity contribution in [3.8, 4) is 0 Å². The molecule has 41 heavy (non-hydrogen) atoms. The summed E-state index contributed by atoms with van der Waals surface area (Å²) in [6.45, 7) is 11.5. The smallest absolute Gasteiger partial charge is 0.0541 e. The third kappa shape index (κ3) is 11.7. The highest BCUT2D eigenvalue weighted by Crippen LogP contribution is 2.14. The molecular formula is C34H43ClN6. The van der Waals surface area contributed by atoms with Crippen LogP contribution in [0.2, 0.25) is 5.02 Å². The molecule has 0 aliphatic carbocycles. The first-order valence-electron chi connectivity index (χ1n) is 14.7. The molecule has 216 valence electrons. The number of hydrogen-bond acceptors (Lipinski definition) is 6. The molecule has 0 aliphatic heterocycles. The van der Waals surface area contributed by atoms with E-state index < -0.39 is 0 Å². The van der Waals surface area contributed by atoms with Gasteiger partial charge in [-0.15, -0.1) is 0 Å². The molecule has 2 aromatic carbocycles. The van der Waals surface area contributed by atoms with Crippen molar-refractivity contribution < 1.29 is 0 Å². The lowest BCUT2D eigenvalue weighted by Crippen LogP contribution is -2.36. The van der Waals surface area contributed by atoms with Gasteiger partial charge in [0.25, 0.3) is 0 Å². The number of benzene rings is 2. The van der Waals surface area contributed by atoms with Gasteiger partial charge in [-0.2, -0.15) is 0 Å². The first-order chi connectivity index (χ1) is 20.2. The third-order valence-electron chi connectivity index (χ3n) is 7.16. The first kappa shape index (κ1) is 30.8. The minimum Gasteiger partial charge on any atom is -0.310 e. The molecule has 0 spiro atoms. The van der Waals surface area contributed by atoms with E-state index in [4.69, 9.17) is 11.6 Å². The zero-order valence-corrected chi connectivity index (χ0v) is 24.9. The molecule has 2 heterocycles. The molecule has 7 heteroatoms. The van der Waals surface area contributed by atoms with E-state index in [2.05, 4.69) is 85.9 Å². The lowest BCUT2D eigenvalue weighted by atomic mass is 10.1. The molecule has 0 saturated carbocycles. The molecule has 0 fully saturated rings. The predicted molar refractivity (Wildman–Crippen MR) is 170 cm³/mol. The second-order valence-electron chi connectivity index (χ2n) is 10.3. The molecule has 2 aromatic heterocycles. The zero-order chi connectivity index (χ0) is 28.5. The van der Waals surface area contributed by atoms with Gasteiger partial charge in [-0.3, -0.25) is 19.8 Å². The van der Waals surface area contributed by atoms with Crippen LogP contribution in [-0.4, -0.2) is 59.0 Å². The Hall–Kier alpha value is -3.13. The molecule has 2 N–H and O–H groups in total. The van der Waals surface area contributed by atoms with Crippen LogP contribution >= 0.6 is 11.6 Å². The highest BCUT2D eigenvalue weighted by Gasteiger charge is 2.09. The van der Waals surface area contributed by atoms with Gasteiger partial charge >= 0.3 is 0 Å². The van der Waals surface area contributed by atoms with Gasteiger partial charge in [0, 0.05) is 76.3 Å². The molecule has 4 aromatic rings. The second-order valence-corrected chi connectivity index (χ2v) is 10.8. The number of halogens is 1. The number of nitrogens with zero attached hydrogens (tertiary/aromatic N) is 4. The standard InChI is InChI=1S/C34H43ClN6/c1-2-40(21-16-29-8-7-9-32(35)24-29)27-30-12-14-31(15-13-30)28-41(22-19-36-25-33-10-3-5-17-38-33)23-20-37-26-34-11-4-6-18-39-34/h3-15,17-18,24,36-37H,2,16,19-23,25-28H2,1H3.